The molecule has 29 heavy (non-hydrogen) atoms. The summed E-state index contributed by atoms with van der Waals surface area (Å²) in [7, 11) is 1.25. The molecule has 2 rings (SSSR count). The van der Waals surface area contributed by atoms with Crippen molar-refractivity contribution in [2.75, 3.05) is 19.0 Å². The molecular weight excluding hydrogens is 444 g/mol. The lowest BCUT2D eigenvalue weighted by Crippen LogP contribution is -2.32. The number of rotatable bonds is 8. The van der Waals surface area contributed by atoms with Gasteiger partial charge in [0.2, 0.25) is 0 Å². The highest BCUT2D eigenvalue weighted by atomic mass is 79.9. The largest absolute Gasteiger partial charge is 0.466 e. The van der Waals surface area contributed by atoms with Crippen LogP contribution < -0.4 is 5.32 Å². The molecule has 0 saturated carbocycles. The van der Waals surface area contributed by atoms with Gasteiger partial charge in [-0.25, -0.2) is 9.59 Å². The van der Waals surface area contributed by atoms with E-state index in [9.17, 15) is 19.7 Å². The van der Waals surface area contributed by atoms with Gasteiger partial charge in [0.25, 0.3) is 5.69 Å². The Morgan fingerprint density at radius 3 is 2.41 bits per heavy atom. The Kier molecular flexibility index (Phi) is 7.95. The molecule has 156 valence electrons. The lowest BCUT2D eigenvalue weighted by molar-refractivity contribution is -0.384. The summed E-state index contributed by atoms with van der Waals surface area (Å²) in [5, 5.41) is 15.1. The molecule has 0 saturated heterocycles. The van der Waals surface area contributed by atoms with Gasteiger partial charge in [-0.3, -0.25) is 10.1 Å². The predicted molar refractivity (Wildman–Crippen MR) is 110 cm³/mol. The van der Waals surface area contributed by atoms with Gasteiger partial charge in [-0.1, -0.05) is 28.1 Å². The van der Waals surface area contributed by atoms with Crippen molar-refractivity contribution in [3.63, 3.8) is 0 Å². The van der Waals surface area contributed by atoms with Gasteiger partial charge in [-0.15, -0.1) is 0 Å². The number of carbonyl (C=O) groups is 2. The van der Waals surface area contributed by atoms with Crippen LogP contribution in [0.25, 0.3) is 0 Å². The number of nitro benzene ring substituents is 1. The Morgan fingerprint density at radius 1 is 1.17 bits per heavy atom. The first-order valence-electron chi connectivity index (χ1n) is 9.06. The van der Waals surface area contributed by atoms with Crippen molar-refractivity contribution in [2.45, 2.75) is 32.6 Å². The summed E-state index contributed by atoms with van der Waals surface area (Å²) in [5.74, 6) is -2.04. The van der Waals surface area contributed by atoms with Crippen LogP contribution in [0.15, 0.2) is 46.8 Å². The van der Waals surface area contributed by atoms with Crippen LogP contribution in [0.4, 0.5) is 5.69 Å². The Labute approximate surface area is 177 Å². The maximum atomic E-state index is 12.9. The van der Waals surface area contributed by atoms with E-state index in [0.717, 1.165) is 11.8 Å². The maximum Gasteiger partial charge on any atom is 0.336 e. The van der Waals surface area contributed by atoms with E-state index in [0.29, 0.717) is 23.4 Å². The molecule has 1 aromatic rings. The zero-order valence-electron chi connectivity index (χ0n) is 16.5. The van der Waals surface area contributed by atoms with Gasteiger partial charge >= 0.3 is 11.9 Å². The topological polar surface area (TPSA) is 108 Å². The number of ether oxygens (including phenoxy) is 2. The quantitative estimate of drug-likeness (QED) is 0.204. The number of methoxy groups -OCH3 is 1. The van der Waals surface area contributed by atoms with Crippen LogP contribution in [0.2, 0.25) is 0 Å². The minimum absolute atomic E-state index is 0.134. The number of halogens is 1. The standard InChI is InChI=1S/C20H23BrN2O6/c1-12-16(19(24)28-3)18(14-7-6-8-15(11-14)23(26)27)17(13(2)22-12)20(25)29-10-5-4-9-21/h6-8,11,18,22H,4-5,9-10H2,1-3H3/t18-/m0/s1. The average molecular weight is 467 g/mol. The van der Waals surface area contributed by atoms with Crippen molar-refractivity contribution in [3.05, 3.63) is 62.5 Å². The molecule has 1 aromatic carbocycles. The maximum absolute atomic E-state index is 12.9. The normalized spacial score (nSPS) is 16.3. The van der Waals surface area contributed by atoms with Crippen LogP contribution in [0.1, 0.15) is 38.2 Å². The molecule has 1 aliphatic rings. The molecule has 1 atom stereocenters. The average Bonchev–Trinajstić information content (AvgIpc) is 2.70. The molecule has 0 fully saturated rings. The third-order valence-corrected chi connectivity index (χ3v) is 5.12. The van der Waals surface area contributed by atoms with Gasteiger partial charge in [-0.05, 0) is 32.3 Å². The predicted octanol–water partition coefficient (Wildman–Crippen LogP) is 3.72. The van der Waals surface area contributed by atoms with Crippen molar-refractivity contribution in [3.8, 4) is 0 Å². The van der Waals surface area contributed by atoms with Crippen molar-refractivity contribution in [1.82, 2.24) is 5.32 Å². The Bertz CT molecular complexity index is 877. The van der Waals surface area contributed by atoms with Gasteiger partial charge in [0.05, 0.1) is 35.7 Å². The molecule has 1 heterocycles. The van der Waals surface area contributed by atoms with Crippen LogP contribution in [-0.2, 0) is 19.1 Å². The Hall–Kier alpha value is -2.68. The fourth-order valence-corrected chi connectivity index (χ4v) is 3.63. The summed E-state index contributed by atoms with van der Waals surface area (Å²) in [6.45, 7) is 3.63. The number of hydrogen-bond acceptors (Lipinski definition) is 7. The Morgan fingerprint density at radius 2 is 1.83 bits per heavy atom. The number of hydrogen-bond donors (Lipinski definition) is 1. The number of unbranched alkanes of at least 4 members (excludes halogenated alkanes) is 1. The summed E-state index contributed by atoms with van der Waals surface area (Å²) < 4.78 is 10.3. The molecule has 0 aliphatic carbocycles. The zero-order chi connectivity index (χ0) is 21.6. The minimum Gasteiger partial charge on any atom is -0.466 e. The molecule has 1 N–H and O–H groups in total. The second-order valence-electron chi connectivity index (χ2n) is 6.51. The van der Waals surface area contributed by atoms with Crippen LogP contribution in [0.3, 0.4) is 0 Å². The van der Waals surface area contributed by atoms with Crippen LogP contribution >= 0.6 is 15.9 Å². The lowest BCUT2D eigenvalue weighted by Gasteiger charge is -2.30. The van der Waals surface area contributed by atoms with Crippen molar-refractivity contribution in [1.29, 1.82) is 0 Å². The third-order valence-electron chi connectivity index (χ3n) is 4.56. The van der Waals surface area contributed by atoms with E-state index < -0.39 is 22.8 Å². The smallest absolute Gasteiger partial charge is 0.336 e. The third kappa shape index (κ3) is 5.23. The van der Waals surface area contributed by atoms with E-state index in [1.807, 2.05) is 0 Å². The number of esters is 2. The first-order valence-corrected chi connectivity index (χ1v) is 10.2. The first-order chi connectivity index (χ1) is 13.8. The van der Waals surface area contributed by atoms with Gasteiger partial charge in [0, 0.05) is 28.9 Å². The highest BCUT2D eigenvalue weighted by Gasteiger charge is 2.38. The van der Waals surface area contributed by atoms with Gasteiger partial charge < -0.3 is 14.8 Å². The van der Waals surface area contributed by atoms with Gasteiger partial charge in [0.15, 0.2) is 0 Å². The van der Waals surface area contributed by atoms with Gasteiger partial charge in [-0.2, -0.15) is 0 Å². The number of nitrogens with one attached hydrogen (secondary N) is 1. The molecular formula is C20H23BrN2O6. The highest BCUT2D eigenvalue weighted by molar-refractivity contribution is 9.09. The number of alkyl halides is 1. The van der Waals surface area contributed by atoms with E-state index in [1.165, 1.54) is 25.3 Å². The summed E-state index contributed by atoms with van der Waals surface area (Å²) in [4.78, 5) is 36.1. The van der Waals surface area contributed by atoms with E-state index in [1.54, 1.807) is 19.9 Å². The second-order valence-corrected chi connectivity index (χ2v) is 7.30. The fraction of sp³-hybridized carbons (Fsp3) is 0.400. The molecule has 0 bridgehead atoms. The van der Waals surface area contributed by atoms with E-state index in [2.05, 4.69) is 21.2 Å². The molecule has 8 nitrogen and oxygen atoms in total. The van der Waals surface area contributed by atoms with Crippen molar-refractivity contribution in [2.24, 2.45) is 0 Å². The van der Waals surface area contributed by atoms with Gasteiger partial charge in [0.1, 0.15) is 0 Å². The monoisotopic (exact) mass is 466 g/mol. The van der Waals surface area contributed by atoms with Crippen LogP contribution in [0.5, 0.6) is 0 Å². The number of nitro groups is 1. The van der Waals surface area contributed by atoms with Crippen LogP contribution in [0, 0.1) is 10.1 Å². The lowest BCUT2D eigenvalue weighted by atomic mass is 9.80. The van der Waals surface area contributed by atoms with Crippen molar-refractivity contribution < 1.29 is 24.0 Å². The first kappa shape index (κ1) is 22.6. The number of allylic oxidation sites excluding steroid dienone is 2. The number of carbonyl (C=O) groups excluding carboxylic acids is 2. The molecule has 0 radical (unpaired) electrons. The molecule has 1 aliphatic heterocycles. The summed E-state index contributed by atoms with van der Waals surface area (Å²) in [6.07, 6.45) is 1.54. The number of benzene rings is 1. The summed E-state index contributed by atoms with van der Waals surface area (Å²) in [5.41, 5.74) is 1.79. The number of nitrogens with zero attached hydrogens (tertiary/aromatic N) is 1. The van der Waals surface area contributed by atoms with E-state index in [4.69, 9.17) is 9.47 Å². The second kappa shape index (κ2) is 10.2. The highest BCUT2D eigenvalue weighted by Crippen LogP contribution is 2.40. The number of dihydropyridines is 1. The summed E-state index contributed by atoms with van der Waals surface area (Å²) >= 11 is 3.33. The molecule has 9 heteroatoms. The number of non-ortho nitro benzene ring substituents is 1. The molecule has 0 amide bonds. The SMILES string of the molecule is COC(=O)C1=C(C)NC(C)=C(C(=O)OCCCCBr)[C@H]1c1cccc([N+](=O)[O-])c1. The fourth-order valence-electron chi connectivity index (χ4n) is 3.24. The zero-order valence-corrected chi connectivity index (χ0v) is 18.1. The van der Waals surface area contributed by atoms with Crippen molar-refractivity contribution >= 4 is 33.6 Å². The van der Waals surface area contributed by atoms with Crippen LogP contribution in [-0.4, -0.2) is 35.9 Å². The summed E-state index contributed by atoms with van der Waals surface area (Å²) in [6, 6.07) is 5.88. The van der Waals surface area contributed by atoms with E-state index >= 15 is 0 Å². The molecule has 0 aromatic heterocycles. The molecule has 0 spiro atoms. The minimum atomic E-state index is -0.840. The van der Waals surface area contributed by atoms with E-state index in [-0.39, 0.29) is 23.4 Å². The Balaban J connectivity index is 2.53. The molecule has 0 unspecified atom stereocenters.